The van der Waals surface area contributed by atoms with E-state index in [1.54, 1.807) is 6.33 Å². The summed E-state index contributed by atoms with van der Waals surface area (Å²) in [5.41, 5.74) is 0. The topological polar surface area (TPSA) is 70.5 Å². The quantitative estimate of drug-likeness (QED) is 0.826. The van der Waals surface area contributed by atoms with Crippen molar-refractivity contribution in [1.29, 1.82) is 0 Å². The Morgan fingerprint density at radius 1 is 1.33 bits per heavy atom. The van der Waals surface area contributed by atoms with E-state index in [9.17, 15) is 5.11 Å². The number of ether oxygens (including phenoxy) is 1. The van der Waals surface area contributed by atoms with Crippen molar-refractivity contribution in [1.82, 2.24) is 9.97 Å². The molecule has 2 aliphatic rings. The maximum Gasteiger partial charge on any atom is 0.134 e. The Bertz CT molecular complexity index is 451. The predicted molar refractivity (Wildman–Crippen MR) is 81.6 cm³/mol. The Morgan fingerprint density at radius 3 is 3.10 bits per heavy atom. The molecule has 3 rings (SSSR count). The van der Waals surface area contributed by atoms with Gasteiger partial charge in [-0.15, -0.1) is 0 Å². The average Bonchev–Trinajstić information content (AvgIpc) is 3.18. The van der Waals surface area contributed by atoms with Crippen LogP contribution in [0.2, 0.25) is 0 Å². The number of nitrogens with zero attached hydrogens (tertiary/aromatic N) is 3. The average molecular weight is 292 g/mol. The highest BCUT2D eigenvalue weighted by Gasteiger charge is 2.25. The summed E-state index contributed by atoms with van der Waals surface area (Å²) in [7, 11) is 0. The van der Waals surface area contributed by atoms with Crippen LogP contribution in [0.3, 0.4) is 0 Å². The minimum Gasteiger partial charge on any atom is -0.394 e. The molecule has 116 valence electrons. The summed E-state index contributed by atoms with van der Waals surface area (Å²) in [6.07, 6.45) is 7.50. The van der Waals surface area contributed by atoms with Crippen LogP contribution in [0, 0.1) is 0 Å². The summed E-state index contributed by atoms with van der Waals surface area (Å²) in [6.45, 7) is 2.91. The van der Waals surface area contributed by atoms with Gasteiger partial charge in [0.2, 0.25) is 0 Å². The Hall–Kier alpha value is -1.40. The van der Waals surface area contributed by atoms with Crippen LogP contribution in [0.4, 0.5) is 11.6 Å². The van der Waals surface area contributed by atoms with Gasteiger partial charge >= 0.3 is 0 Å². The summed E-state index contributed by atoms with van der Waals surface area (Å²) in [6, 6.07) is 2.17. The van der Waals surface area contributed by atoms with Gasteiger partial charge in [-0.05, 0) is 32.1 Å². The lowest BCUT2D eigenvalue weighted by molar-refractivity contribution is 0.107. The smallest absolute Gasteiger partial charge is 0.134 e. The molecule has 2 aliphatic heterocycles. The molecule has 0 amide bonds. The molecule has 0 aromatic carbocycles. The molecular formula is C15H24N4O2. The van der Waals surface area contributed by atoms with Gasteiger partial charge in [0, 0.05) is 25.8 Å². The van der Waals surface area contributed by atoms with E-state index in [0.29, 0.717) is 6.10 Å². The third-order valence-electron chi connectivity index (χ3n) is 4.33. The van der Waals surface area contributed by atoms with Crippen molar-refractivity contribution >= 4 is 11.6 Å². The number of hydrogen-bond donors (Lipinski definition) is 2. The molecule has 2 saturated heterocycles. The number of rotatable bonds is 6. The molecule has 2 atom stereocenters. The van der Waals surface area contributed by atoms with Crippen molar-refractivity contribution in [2.45, 2.75) is 44.2 Å². The first-order chi connectivity index (χ1) is 10.4. The summed E-state index contributed by atoms with van der Waals surface area (Å²) in [5, 5.41) is 12.8. The minimum absolute atomic E-state index is 0.186. The molecule has 2 N–H and O–H groups in total. The van der Waals surface area contributed by atoms with Crippen LogP contribution in [0.15, 0.2) is 12.4 Å². The zero-order valence-corrected chi connectivity index (χ0v) is 12.4. The number of anilines is 2. The summed E-state index contributed by atoms with van der Waals surface area (Å²) in [4.78, 5) is 10.8. The molecule has 0 radical (unpaired) electrons. The fourth-order valence-electron chi connectivity index (χ4n) is 3.16. The SMILES string of the molecule is OC[C@H]1CCCN1c1cc(NCC[C@@H]2CCCO2)ncn1. The molecule has 1 aromatic rings. The minimum atomic E-state index is 0.186. The van der Waals surface area contributed by atoms with Gasteiger partial charge in [0.15, 0.2) is 0 Å². The molecule has 3 heterocycles. The first-order valence-electron chi connectivity index (χ1n) is 7.92. The lowest BCUT2D eigenvalue weighted by Crippen LogP contribution is -2.32. The van der Waals surface area contributed by atoms with Gasteiger partial charge in [0.25, 0.3) is 0 Å². The Labute approximate surface area is 125 Å². The second-order valence-electron chi connectivity index (χ2n) is 5.78. The van der Waals surface area contributed by atoms with E-state index >= 15 is 0 Å². The van der Waals surface area contributed by atoms with E-state index in [4.69, 9.17) is 4.74 Å². The van der Waals surface area contributed by atoms with Crippen molar-refractivity contribution in [2.24, 2.45) is 0 Å². The number of aliphatic hydroxyl groups excluding tert-OH is 1. The summed E-state index contributed by atoms with van der Waals surface area (Å²) >= 11 is 0. The largest absolute Gasteiger partial charge is 0.394 e. The van der Waals surface area contributed by atoms with E-state index < -0.39 is 0 Å². The molecule has 6 nitrogen and oxygen atoms in total. The van der Waals surface area contributed by atoms with Crippen LogP contribution in [0.1, 0.15) is 32.1 Å². The number of hydrogen-bond acceptors (Lipinski definition) is 6. The highest BCUT2D eigenvalue weighted by molar-refractivity contribution is 5.49. The van der Waals surface area contributed by atoms with Crippen molar-refractivity contribution in [2.75, 3.05) is 36.5 Å². The van der Waals surface area contributed by atoms with Gasteiger partial charge in [-0.3, -0.25) is 0 Å². The molecule has 0 aliphatic carbocycles. The van der Waals surface area contributed by atoms with Crippen LogP contribution >= 0.6 is 0 Å². The van der Waals surface area contributed by atoms with Gasteiger partial charge in [-0.2, -0.15) is 0 Å². The Kier molecular flexibility index (Phi) is 4.87. The summed E-state index contributed by atoms with van der Waals surface area (Å²) < 4.78 is 5.62. The molecule has 0 bridgehead atoms. The highest BCUT2D eigenvalue weighted by Crippen LogP contribution is 2.24. The van der Waals surface area contributed by atoms with E-state index in [1.807, 2.05) is 6.07 Å². The predicted octanol–water partition coefficient (Wildman–Crippen LogP) is 1.42. The molecular weight excluding hydrogens is 268 g/mol. The standard InChI is InChI=1S/C15H24N4O2/c20-10-12-3-1-7-19(12)15-9-14(17-11-18-15)16-6-5-13-4-2-8-21-13/h9,11-13,20H,1-8,10H2,(H,16,17,18)/t12-,13+/m1/s1. The van der Waals surface area contributed by atoms with Gasteiger partial charge in [0.05, 0.1) is 18.8 Å². The first kappa shape index (κ1) is 14.5. The number of aromatic nitrogens is 2. The molecule has 2 fully saturated rings. The van der Waals surface area contributed by atoms with Crippen LogP contribution in [0.25, 0.3) is 0 Å². The van der Waals surface area contributed by atoms with Crippen molar-refractivity contribution in [3.05, 3.63) is 12.4 Å². The van der Waals surface area contributed by atoms with E-state index in [0.717, 1.165) is 50.6 Å². The van der Waals surface area contributed by atoms with Crippen LogP contribution < -0.4 is 10.2 Å². The third kappa shape index (κ3) is 3.63. The van der Waals surface area contributed by atoms with E-state index in [1.165, 1.54) is 12.8 Å². The van der Waals surface area contributed by atoms with E-state index in [-0.39, 0.29) is 12.6 Å². The van der Waals surface area contributed by atoms with E-state index in [2.05, 4.69) is 20.2 Å². The lowest BCUT2D eigenvalue weighted by Gasteiger charge is -2.24. The molecule has 1 aromatic heterocycles. The monoisotopic (exact) mass is 292 g/mol. The number of aliphatic hydroxyl groups is 1. The zero-order chi connectivity index (χ0) is 14.5. The normalized spacial score (nSPS) is 25.5. The molecule has 0 unspecified atom stereocenters. The van der Waals surface area contributed by atoms with Gasteiger partial charge < -0.3 is 20.1 Å². The maximum absolute atomic E-state index is 9.42. The third-order valence-corrected chi connectivity index (χ3v) is 4.33. The van der Waals surface area contributed by atoms with Gasteiger partial charge in [-0.25, -0.2) is 9.97 Å². The van der Waals surface area contributed by atoms with Gasteiger partial charge in [-0.1, -0.05) is 0 Å². The molecule has 0 spiro atoms. The van der Waals surface area contributed by atoms with Crippen molar-refractivity contribution < 1.29 is 9.84 Å². The fourth-order valence-corrected chi connectivity index (χ4v) is 3.16. The van der Waals surface area contributed by atoms with Gasteiger partial charge in [0.1, 0.15) is 18.0 Å². The molecule has 0 saturated carbocycles. The Balaban J connectivity index is 1.55. The van der Waals surface area contributed by atoms with Crippen LogP contribution in [0.5, 0.6) is 0 Å². The molecule has 21 heavy (non-hydrogen) atoms. The maximum atomic E-state index is 9.42. The zero-order valence-electron chi connectivity index (χ0n) is 12.4. The van der Waals surface area contributed by atoms with Crippen molar-refractivity contribution in [3.8, 4) is 0 Å². The van der Waals surface area contributed by atoms with Crippen LogP contribution in [-0.4, -0.2) is 53.5 Å². The molecule has 6 heteroatoms. The Morgan fingerprint density at radius 2 is 2.29 bits per heavy atom. The first-order valence-corrected chi connectivity index (χ1v) is 7.92. The summed E-state index contributed by atoms with van der Waals surface area (Å²) in [5.74, 6) is 1.75. The second kappa shape index (κ2) is 7.04. The lowest BCUT2D eigenvalue weighted by atomic mass is 10.2. The highest BCUT2D eigenvalue weighted by atomic mass is 16.5. The van der Waals surface area contributed by atoms with Crippen molar-refractivity contribution in [3.63, 3.8) is 0 Å². The second-order valence-corrected chi connectivity index (χ2v) is 5.78. The fraction of sp³-hybridized carbons (Fsp3) is 0.733. The van der Waals surface area contributed by atoms with Crippen LogP contribution in [-0.2, 0) is 4.74 Å². The number of nitrogens with one attached hydrogen (secondary N) is 1.